The Labute approximate surface area is 120 Å². The Hall–Kier alpha value is -1.65. The molecule has 1 heterocycles. The van der Waals surface area contributed by atoms with Crippen LogP contribution in [0.3, 0.4) is 0 Å². The number of hydrogen-bond acceptors (Lipinski definition) is 3. The Kier molecular flexibility index (Phi) is 4.71. The normalized spacial score (nSPS) is 11.4. The maximum Gasteiger partial charge on any atom is 0.244 e. The second kappa shape index (κ2) is 6.50. The Morgan fingerprint density at radius 3 is 2.63 bits per heavy atom. The fourth-order valence-electron chi connectivity index (χ4n) is 1.53. The number of amides is 1. The zero-order valence-corrected chi connectivity index (χ0v) is 12.0. The number of carbonyl (C=O) groups is 1. The van der Waals surface area contributed by atoms with E-state index in [-0.39, 0.29) is 5.91 Å². The molecule has 3 nitrogen and oxygen atoms in total. The fraction of sp³-hybridized carbons (Fsp3) is 0.143. The van der Waals surface area contributed by atoms with Crippen LogP contribution in [0.15, 0.2) is 47.6 Å². The first-order valence-corrected chi connectivity index (χ1v) is 6.97. The highest BCUT2D eigenvalue weighted by molar-refractivity contribution is 7.18. The van der Waals surface area contributed by atoms with Crippen LogP contribution in [0, 0.1) is 0 Å². The van der Waals surface area contributed by atoms with Gasteiger partial charge in [0.05, 0.1) is 21.3 Å². The van der Waals surface area contributed by atoms with Gasteiger partial charge in [0.15, 0.2) is 0 Å². The van der Waals surface area contributed by atoms with Crippen molar-refractivity contribution in [3.05, 3.63) is 57.2 Å². The fourth-order valence-corrected chi connectivity index (χ4v) is 2.52. The molecule has 2 aromatic rings. The first kappa shape index (κ1) is 13.8. The summed E-state index contributed by atoms with van der Waals surface area (Å²) in [6, 6.07) is 13.3. The number of hydrogen-bond donors (Lipinski definition) is 1. The lowest BCUT2D eigenvalue weighted by molar-refractivity contribution is -0.120. The third-order valence-corrected chi connectivity index (χ3v) is 3.83. The summed E-state index contributed by atoms with van der Waals surface area (Å²) in [6.07, 6.45) is 0.322. The number of hydrazone groups is 1. The van der Waals surface area contributed by atoms with Gasteiger partial charge in [0.1, 0.15) is 0 Å². The first-order valence-electron chi connectivity index (χ1n) is 5.78. The number of nitrogens with one attached hydrogen (secondary N) is 1. The summed E-state index contributed by atoms with van der Waals surface area (Å²) >= 11 is 7.29. The summed E-state index contributed by atoms with van der Waals surface area (Å²) in [5.41, 5.74) is 4.26. The number of nitrogens with zero attached hydrogens (tertiary/aromatic N) is 1. The third-order valence-electron chi connectivity index (χ3n) is 2.49. The van der Waals surface area contributed by atoms with E-state index in [0.29, 0.717) is 10.8 Å². The maximum atomic E-state index is 11.7. The number of thiophene rings is 1. The lowest BCUT2D eigenvalue weighted by atomic mass is 10.1. The minimum atomic E-state index is -0.131. The third kappa shape index (κ3) is 4.19. The molecule has 0 aliphatic carbocycles. The largest absolute Gasteiger partial charge is 0.273 e. The van der Waals surface area contributed by atoms with Crippen LogP contribution in [-0.2, 0) is 11.2 Å². The molecule has 1 amide bonds. The Morgan fingerprint density at radius 2 is 2.00 bits per heavy atom. The summed E-state index contributed by atoms with van der Waals surface area (Å²) in [4.78, 5) is 12.7. The molecule has 2 rings (SSSR count). The van der Waals surface area contributed by atoms with Crippen LogP contribution in [0.5, 0.6) is 0 Å². The lowest BCUT2D eigenvalue weighted by Gasteiger charge is -2.01. The number of rotatable bonds is 4. The molecule has 0 saturated carbocycles. The molecule has 1 N–H and O–H groups in total. The first-order chi connectivity index (χ1) is 9.15. The van der Waals surface area contributed by atoms with Crippen molar-refractivity contribution in [3.63, 3.8) is 0 Å². The SMILES string of the molecule is C/C(=N\NC(=O)Cc1ccccc1)c1ccc(Cl)s1. The van der Waals surface area contributed by atoms with E-state index in [9.17, 15) is 4.79 Å². The predicted molar refractivity (Wildman–Crippen MR) is 79.8 cm³/mol. The average Bonchev–Trinajstić information content (AvgIpc) is 2.84. The molecule has 1 aromatic carbocycles. The minimum absolute atomic E-state index is 0.131. The number of benzene rings is 1. The van der Waals surface area contributed by atoms with Crippen LogP contribution in [0.25, 0.3) is 0 Å². The monoisotopic (exact) mass is 292 g/mol. The lowest BCUT2D eigenvalue weighted by Crippen LogP contribution is -2.21. The Bertz CT molecular complexity index is 593. The highest BCUT2D eigenvalue weighted by Crippen LogP contribution is 2.21. The van der Waals surface area contributed by atoms with Gasteiger partial charge in [-0.05, 0) is 24.6 Å². The molecule has 0 aliphatic heterocycles. The van der Waals surface area contributed by atoms with Crippen molar-refractivity contribution in [3.8, 4) is 0 Å². The van der Waals surface area contributed by atoms with Crippen molar-refractivity contribution in [2.75, 3.05) is 0 Å². The molecule has 0 fully saturated rings. The van der Waals surface area contributed by atoms with E-state index < -0.39 is 0 Å². The van der Waals surface area contributed by atoms with Crippen LogP contribution in [0.2, 0.25) is 4.34 Å². The summed E-state index contributed by atoms with van der Waals surface area (Å²) in [5, 5.41) is 4.07. The van der Waals surface area contributed by atoms with E-state index in [1.165, 1.54) is 11.3 Å². The topological polar surface area (TPSA) is 41.5 Å². The van der Waals surface area contributed by atoms with Gasteiger partial charge in [-0.2, -0.15) is 5.10 Å². The molecular weight excluding hydrogens is 280 g/mol. The molecule has 5 heteroatoms. The van der Waals surface area contributed by atoms with E-state index in [2.05, 4.69) is 10.5 Å². The van der Waals surface area contributed by atoms with Gasteiger partial charge in [-0.25, -0.2) is 5.43 Å². The van der Waals surface area contributed by atoms with Gasteiger partial charge in [0.2, 0.25) is 5.91 Å². The molecule has 0 saturated heterocycles. The second-order valence-corrected chi connectivity index (χ2v) is 5.71. The highest BCUT2D eigenvalue weighted by Gasteiger charge is 2.04. The van der Waals surface area contributed by atoms with Crippen molar-refractivity contribution < 1.29 is 4.79 Å². The second-order valence-electron chi connectivity index (χ2n) is 4.00. The van der Waals surface area contributed by atoms with Gasteiger partial charge in [0, 0.05) is 0 Å². The number of carbonyl (C=O) groups excluding carboxylic acids is 1. The van der Waals surface area contributed by atoms with E-state index in [4.69, 9.17) is 11.6 Å². The predicted octanol–water partition coefficient (Wildman–Crippen LogP) is 3.48. The molecule has 0 spiro atoms. The van der Waals surface area contributed by atoms with Gasteiger partial charge in [-0.3, -0.25) is 4.79 Å². The van der Waals surface area contributed by atoms with E-state index in [0.717, 1.165) is 16.2 Å². The van der Waals surface area contributed by atoms with Crippen molar-refractivity contribution >= 4 is 34.6 Å². The van der Waals surface area contributed by atoms with Gasteiger partial charge in [0.25, 0.3) is 0 Å². The zero-order chi connectivity index (χ0) is 13.7. The average molecular weight is 293 g/mol. The molecule has 0 aliphatic rings. The van der Waals surface area contributed by atoms with Crippen LogP contribution in [0.4, 0.5) is 0 Å². The van der Waals surface area contributed by atoms with Crippen molar-refractivity contribution in [1.82, 2.24) is 5.43 Å². The maximum absolute atomic E-state index is 11.7. The molecule has 0 unspecified atom stereocenters. The molecular formula is C14H13ClN2OS. The van der Waals surface area contributed by atoms with Crippen LogP contribution >= 0.6 is 22.9 Å². The van der Waals surface area contributed by atoms with Crippen LogP contribution < -0.4 is 5.43 Å². The van der Waals surface area contributed by atoms with Crippen molar-refractivity contribution in [2.45, 2.75) is 13.3 Å². The molecule has 19 heavy (non-hydrogen) atoms. The van der Waals surface area contributed by atoms with E-state index in [1.807, 2.05) is 49.4 Å². The van der Waals surface area contributed by atoms with Gasteiger partial charge in [-0.15, -0.1) is 11.3 Å². The zero-order valence-electron chi connectivity index (χ0n) is 10.4. The van der Waals surface area contributed by atoms with Gasteiger partial charge in [-0.1, -0.05) is 41.9 Å². The quantitative estimate of drug-likeness (QED) is 0.680. The van der Waals surface area contributed by atoms with Crippen molar-refractivity contribution in [2.24, 2.45) is 5.10 Å². The molecule has 0 bridgehead atoms. The van der Waals surface area contributed by atoms with Gasteiger partial charge < -0.3 is 0 Å². The molecule has 0 radical (unpaired) electrons. The number of halogens is 1. The summed E-state index contributed by atoms with van der Waals surface area (Å²) < 4.78 is 0.708. The van der Waals surface area contributed by atoms with Crippen LogP contribution in [-0.4, -0.2) is 11.6 Å². The summed E-state index contributed by atoms with van der Waals surface area (Å²) in [6.45, 7) is 1.84. The Balaban J connectivity index is 1.93. The Morgan fingerprint density at radius 1 is 1.26 bits per heavy atom. The standard InChI is InChI=1S/C14H13ClN2OS/c1-10(12-7-8-13(15)19-12)16-17-14(18)9-11-5-3-2-4-6-11/h2-8H,9H2,1H3,(H,17,18)/b16-10+. The molecule has 0 atom stereocenters. The smallest absolute Gasteiger partial charge is 0.244 e. The molecule has 98 valence electrons. The summed E-state index contributed by atoms with van der Waals surface area (Å²) in [7, 11) is 0. The molecule has 1 aromatic heterocycles. The summed E-state index contributed by atoms with van der Waals surface area (Å²) in [5.74, 6) is -0.131. The van der Waals surface area contributed by atoms with Gasteiger partial charge >= 0.3 is 0 Å². The van der Waals surface area contributed by atoms with E-state index >= 15 is 0 Å². The highest BCUT2D eigenvalue weighted by atomic mass is 35.5. The minimum Gasteiger partial charge on any atom is -0.273 e. The van der Waals surface area contributed by atoms with Crippen LogP contribution in [0.1, 0.15) is 17.4 Å². The van der Waals surface area contributed by atoms with E-state index in [1.54, 1.807) is 0 Å². The van der Waals surface area contributed by atoms with Crippen molar-refractivity contribution in [1.29, 1.82) is 0 Å².